The Balaban J connectivity index is 1.17. The van der Waals surface area contributed by atoms with Crippen molar-refractivity contribution in [2.24, 2.45) is 40.5 Å². The monoisotopic (exact) mass is 713 g/mol. The van der Waals surface area contributed by atoms with Gasteiger partial charge in [0.2, 0.25) is 0 Å². The van der Waals surface area contributed by atoms with E-state index in [1.807, 2.05) is 12.3 Å². The van der Waals surface area contributed by atoms with E-state index in [4.69, 9.17) is 18.9 Å². The van der Waals surface area contributed by atoms with Crippen molar-refractivity contribution in [3.63, 3.8) is 0 Å². The second kappa shape index (κ2) is 16.2. The first-order chi connectivity index (χ1) is 23.1. The predicted molar refractivity (Wildman–Crippen MR) is 182 cm³/mol. The summed E-state index contributed by atoms with van der Waals surface area (Å²) in [4.78, 5) is 16.6. The van der Waals surface area contributed by atoms with Crippen molar-refractivity contribution in [1.82, 2.24) is 5.32 Å². The van der Waals surface area contributed by atoms with Crippen molar-refractivity contribution in [2.75, 3.05) is 31.4 Å². The SMILES string of the molecule is CC(C)C1CNCC2(O)C(OC3CCC4C(C3)OCC(C3CCC(O)CC3)C4O)OC(C(=O)O)C(O)C2OCSSCC1C1=C[CH+]N=C1. The van der Waals surface area contributed by atoms with E-state index in [2.05, 4.69) is 24.2 Å². The summed E-state index contributed by atoms with van der Waals surface area (Å²) < 4.78 is 24.8. The second-order valence-corrected chi connectivity index (χ2v) is 17.3. The molecule has 0 radical (unpaired) electrons. The van der Waals surface area contributed by atoms with Crippen molar-refractivity contribution in [3.05, 3.63) is 18.2 Å². The molecule has 4 heterocycles. The van der Waals surface area contributed by atoms with Crippen molar-refractivity contribution < 1.29 is 49.3 Å². The maximum absolute atomic E-state index is 12.4. The standard InChI is InChI=1S/C34H52N2O10S2/c1-18(2)24-13-36-16-34(42)31(44-17-48-47-15-26(24)20-9-10-35-12-20)29(39)30(32(40)41)46-33(34)45-22-7-8-23-27(11-22)43-14-25(28(23)38)19-3-5-21(37)6-4-19/h9-10,12,18-19,21-31,33,36-39,42H,3-8,11,13-17H2,1-2H3/p+1. The van der Waals surface area contributed by atoms with E-state index >= 15 is 0 Å². The Morgan fingerprint density at radius 1 is 1.08 bits per heavy atom. The molecule has 4 aliphatic heterocycles. The fourth-order valence-electron chi connectivity index (χ4n) is 8.82. The van der Waals surface area contributed by atoms with Crippen molar-refractivity contribution in [2.45, 2.75) is 113 Å². The molecule has 48 heavy (non-hydrogen) atoms. The molecule has 270 valence electrons. The molecule has 6 rings (SSSR count). The van der Waals surface area contributed by atoms with Gasteiger partial charge in [-0.2, -0.15) is 0 Å². The number of aliphatic imine (C=N–C) groups is 1. The van der Waals surface area contributed by atoms with Gasteiger partial charge in [-0.15, -0.1) is 4.99 Å². The summed E-state index contributed by atoms with van der Waals surface area (Å²) in [6.45, 7) is 7.11. The maximum Gasteiger partial charge on any atom is 0.335 e. The summed E-state index contributed by atoms with van der Waals surface area (Å²) in [6, 6.07) is 0. The summed E-state index contributed by atoms with van der Waals surface area (Å²) in [5, 5.41) is 58.4. The minimum absolute atomic E-state index is 0.0392. The Labute approximate surface area is 291 Å². The zero-order valence-electron chi connectivity index (χ0n) is 27.8. The van der Waals surface area contributed by atoms with Gasteiger partial charge in [0.15, 0.2) is 24.2 Å². The molecule has 12 nitrogen and oxygen atoms in total. The number of allylic oxidation sites excluding steroid dienone is 1. The number of ether oxygens (including phenoxy) is 4. The van der Waals surface area contributed by atoms with Gasteiger partial charge in [0.05, 0.1) is 43.0 Å². The highest BCUT2D eigenvalue weighted by atomic mass is 33.1. The van der Waals surface area contributed by atoms with E-state index in [1.54, 1.807) is 17.3 Å². The topological polar surface area (TPSA) is 180 Å². The van der Waals surface area contributed by atoms with Gasteiger partial charge < -0.3 is 49.8 Å². The highest BCUT2D eigenvalue weighted by molar-refractivity contribution is 8.76. The summed E-state index contributed by atoms with van der Waals surface area (Å²) >= 11 is 0. The van der Waals surface area contributed by atoms with Crippen LogP contribution in [0.5, 0.6) is 0 Å². The van der Waals surface area contributed by atoms with Crippen LogP contribution < -0.4 is 5.32 Å². The molecule has 6 N–H and O–H groups in total. The number of carbonyl (C=O) groups is 1. The number of rotatable bonds is 6. The Hall–Kier alpha value is -0.910. The molecule has 0 aromatic rings. The summed E-state index contributed by atoms with van der Waals surface area (Å²) in [7, 11) is 3.10. The molecule has 12 unspecified atom stereocenters. The lowest BCUT2D eigenvalue weighted by Crippen LogP contribution is -2.72. The Bertz CT molecular complexity index is 1150. The van der Waals surface area contributed by atoms with Gasteiger partial charge in [0, 0.05) is 37.1 Å². The number of aliphatic carboxylic acids is 1. The normalized spacial score (nSPS) is 46.0. The lowest BCUT2D eigenvalue weighted by Gasteiger charge is -2.51. The van der Waals surface area contributed by atoms with Crippen LogP contribution in [0.3, 0.4) is 0 Å². The molecule has 3 saturated heterocycles. The van der Waals surface area contributed by atoms with Gasteiger partial charge in [-0.3, -0.25) is 0 Å². The Kier molecular flexibility index (Phi) is 12.4. The molecule has 2 aliphatic carbocycles. The number of β-amino-alcohol motifs (C(OH)–C–C–N with tert-alkyl or cyclic N) is 1. The van der Waals surface area contributed by atoms with Crippen LogP contribution in [0.15, 0.2) is 16.6 Å². The molecule has 6 aliphatic rings. The maximum atomic E-state index is 12.4. The Morgan fingerprint density at radius 2 is 1.88 bits per heavy atom. The number of nitrogens with one attached hydrogen (secondary N) is 1. The number of hydrogen-bond acceptors (Lipinski definition) is 13. The molecule has 0 amide bonds. The number of hydrogen-bond donors (Lipinski definition) is 6. The summed E-state index contributed by atoms with van der Waals surface area (Å²) in [5.41, 5.74) is -0.746. The minimum Gasteiger partial charge on any atom is -0.479 e. The highest BCUT2D eigenvalue weighted by Crippen LogP contribution is 2.44. The average molecular weight is 714 g/mol. The van der Waals surface area contributed by atoms with Crippen LogP contribution in [0.4, 0.5) is 0 Å². The third-order valence-electron chi connectivity index (χ3n) is 11.7. The van der Waals surface area contributed by atoms with E-state index < -0.39 is 48.4 Å². The van der Waals surface area contributed by atoms with Crippen molar-refractivity contribution in [3.8, 4) is 0 Å². The number of nitrogens with zero attached hydrogens (tertiary/aromatic N) is 1. The lowest BCUT2D eigenvalue weighted by molar-refractivity contribution is -0.349. The van der Waals surface area contributed by atoms with Crippen molar-refractivity contribution >= 4 is 33.8 Å². The quantitative estimate of drug-likeness (QED) is 0.175. The van der Waals surface area contributed by atoms with E-state index in [9.17, 15) is 30.3 Å². The molecule has 2 saturated carbocycles. The Morgan fingerprint density at radius 3 is 2.58 bits per heavy atom. The van der Waals surface area contributed by atoms with Gasteiger partial charge in [-0.05, 0) is 56.3 Å². The smallest absolute Gasteiger partial charge is 0.335 e. The van der Waals surface area contributed by atoms with Gasteiger partial charge in [0.25, 0.3) is 0 Å². The summed E-state index contributed by atoms with van der Waals surface area (Å²) in [5.74, 6) is 0.626. The van der Waals surface area contributed by atoms with E-state index in [0.717, 1.165) is 37.0 Å². The first-order valence-corrected chi connectivity index (χ1v) is 20.1. The molecule has 0 bridgehead atoms. The average Bonchev–Trinajstić information content (AvgIpc) is 3.59. The zero-order chi connectivity index (χ0) is 34.0. The largest absolute Gasteiger partial charge is 0.479 e. The number of fused-ring (bicyclic) bond motifs is 2. The first kappa shape index (κ1) is 36.9. The fraction of sp³-hybridized carbons (Fsp3) is 0.853. The van der Waals surface area contributed by atoms with Crippen LogP contribution in [0.2, 0.25) is 0 Å². The molecule has 12 atom stereocenters. The van der Waals surface area contributed by atoms with E-state index in [-0.39, 0.29) is 48.4 Å². The van der Waals surface area contributed by atoms with Gasteiger partial charge in [0.1, 0.15) is 30.3 Å². The molecular formula is C34H53N2O10S2+. The number of carboxylic acids is 1. The van der Waals surface area contributed by atoms with E-state index in [0.29, 0.717) is 44.2 Å². The van der Waals surface area contributed by atoms with Crippen LogP contribution in [0.1, 0.15) is 58.8 Å². The zero-order valence-corrected chi connectivity index (χ0v) is 29.5. The third-order valence-corrected chi connectivity index (χ3v) is 13.8. The minimum atomic E-state index is -1.91. The molecular weight excluding hydrogens is 661 g/mol. The molecule has 14 heteroatoms. The highest BCUT2D eigenvalue weighted by Gasteiger charge is 2.59. The first-order valence-electron chi connectivity index (χ1n) is 17.6. The van der Waals surface area contributed by atoms with Crippen LogP contribution >= 0.6 is 21.6 Å². The predicted octanol–water partition coefficient (Wildman–Crippen LogP) is 2.39. The van der Waals surface area contributed by atoms with Crippen molar-refractivity contribution in [1.29, 1.82) is 0 Å². The molecule has 0 spiro atoms. The molecule has 0 aromatic heterocycles. The van der Waals surface area contributed by atoms with Crippen LogP contribution in [0, 0.1) is 42.1 Å². The van der Waals surface area contributed by atoms with Gasteiger partial charge in [-0.25, -0.2) is 4.79 Å². The second-order valence-electron chi connectivity index (χ2n) is 14.9. The fourth-order valence-corrected chi connectivity index (χ4v) is 10.9. The van der Waals surface area contributed by atoms with Crippen LogP contribution in [-0.2, 0) is 23.7 Å². The number of aliphatic hydroxyl groups excluding tert-OH is 3. The van der Waals surface area contributed by atoms with Gasteiger partial charge >= 0.3 is 5.97 Å². The van der Waals surface area contributed by atoms with Gasteiger partial charge in [-0.1, -0.05) is 35.4 Å². The third kappa shape index (κ3) is 7.94. The number of carboxylic acid groups (broad SMARTS) is 1. The molecule has 5 fully saturated rings. The van der Waals surface area contributed by atoms with E-state index in [1.165, 1.54) is 10.8 Å². The summed E-state index contributed by atoms with van der Waals surface area (Å²) in [6.07, 6.45) is 1.55. The number of aliphatic hydroxyl groups is 4. The van der Waals surface area contributed by atoms with Crippen LogP contribution in [0.25, 0.3) is 0 Å². The lowest BCUT2D eigenvalue weighted by atomic mass is 9.69. The molecule has 0 aromatic carbocycles. The van der Waals surface area contributed by atoms with Crippen LogP contribution in [-0.4, -0.2) is 124 Å².